The number of aromatic nitrogens is 1. The van der Waals surface area contributed by atoms with Gasteiger partial charge in [-0.3, -0.25) is 44.8 Å². The summed E-state index contributed by atoms with van der Waals surface area (Å²) < 4.78 is 43.7. The third-order valence-corrected chi connectivity index (χ3v) is 11.0. The Bertz CT molecular complexity index is 2220. The first-order valence-electron chi connectivity index (χ1n) is 16.1. The van der Waals surface area contributed by atoms with Crippen LogP contribution in [0.4, 0.5) is 29.7 Å². The van der Waals surface area contributed by atoms with Crippen LogP contribution in [0.5, 0.6) is 0 Å². The number of nitro benzene ring substituents is 2. The van der Waals surface area contributed by atoms with Gasteiger partial charge in [0.25, 0.3) is 23.2 Å². The molecule has 3 N–H and O–H groups in total. The molecule has 0 aliphatic carbocycles. The van der Waals surface area contributed by atoms with E-state index in [4.69, 9.17) is 9.57 Å². The van der Waals surface area contributed by atoms with Crippen LogP contribution < -0.4 is 10.6 Å². The fraction of sp³-hybridized carbons (Fsp3) is 0.242. The number of amides is 3. The van der Waals surface area contributed by atoms with Crippen LogP contribution in [-0.2, 0) is 46.6 Å². The number of non-ortho nitro benzene ring substituents is 2. The van der Waals surface area contributed by atoms with Gasteiger partial charge in [-0.05, 0) is 40.7 Å². The minimum atomic E-state index is -5.28. The van der Waals surface area contributed by atoms with Gasteiger partial charge in [0.15, 0.2) is 10.8 Å². The van der Waals surface area contributed by atoms with Crippen LogP contribution in [0.1, 0.15) is 16.8 Å². The fourth-order valence-corrected chi connectivity index (χ4v) is 8.40. The number of nitrogens with one attached hydrogen (secondary N) is 2. The zero-order chi connectivity index (χ0) is 42.3. The van der Waals surface area contributed by atoms with Gasteiger partial charge in [-0.2, -0.15) is 13.2 Å². The summed E-state index contributed by atoms with van der Waals surface area (Å²) in [5.74, 6) is -6.76. The van der Waals surface area contributed by atoms with Crippen molar-refractivity contribution in [2.45, 2.75) is 35.9 Å². The predicted molar refractivity (Wildman–Crippen MR) is 200 cm³/mol. The summed E-state index contributed by atoms with van der Waals surface area (Å²) >= 11 is 2.76. The van der Waals surface area contributed by atoms with Crippen molar-refractivity contribution in [1.82, 2.24) is 15.2 Å². The van der Waals surface area contributed by atoms with E-state index >= 15 is 0 Å². The number of thiazole rings is 1. The fourth-order valence-electron chi connectivity index (χ4n) is 5.31. The number of nitrogens with zero attached hydrogens (tertiary/aromatic N) is 5. The Morgan fingerprint density at radius 2 is 1.67 bits per heavy atom. The van der Waals surface area contributed by atoms with Crippen molar-refractivity contribution in [3.05, 3.63) is 114 Å². The van der Waals surface area contributed by atoms with Crippen LogP contribution in [0.25, 0.3) is 0 Å². The molecular formula is C33H26F3N7O12S3. The first-order chi connectivity index (χ1) is 27.5. The van der Waals surface area contributed by atoms with Crippen LogP contribution in [0.15, 0.2) is 82.3 Å². The number of carbonyl (C=O) groups is 5. The van der Waals surface area contributed by atoms with Gasteiger partial charge in [0.2, 0.25) is 6.61 Å². The Balaban J connectivity index is 1.37. The van der Waals surface area contributed by atoms with Gasteiger partial charge < -0.3 is 20.0 Å². The molecule has 3 heterocycles. The van der Waals surface area contributed by atoms with Crippen molar-refractivity contribution in [2.24, 2.45) is 5.16 Å². The first-order valence-corrected chi connectivity index (χ1v) is 19.0. The second-order valence-electron chi connectivity index (χ2n) is 11.7. The lowest BCUT2D eigenvalue weighted by Gasteiger charge is -2.51. The van der Waals surface area contributed by atoms with Crippen molar-refractivity contribution >= 4 is 86.7 Å². The molecule has 25 heteroatoms. The van der Waals surface area contributed by atoms with Crippen molar-refractivity contribution in [3.8, 4) is 0 Å². The molecule has 2 aromatic carbocycles. The third-order valence-electron chi connectivity index (χ3n) is 8.02. The summed E-state index contributed by atoms with van der Waals surface area (Å²) in [5, 5.41) is 40.1. The molecule has 2 aliphatic heterocycles. The number of thioether (sulfide) groups is 2. The van der Waals surface area contributed by atoms with Crippen molar-refractivity contribution in [2.75, 3.05) is 17.7 Å². The molecule has 58 heavy (non-hydrogen) atoms. The number of carboxylic acid groups (broad SMARTS) is 1. The molecule has 5 rings (SSSR count). The third kappa shape index (κ3) is 10.1. The number of anilines is 1. The van der Waals surface area contributed by atoms with E-state index in [-0.39, 0.29) is 35.9 Å². The van der Waals surface area contributed by atoms with Crippen LogP contribution in [0.2, 0.25) is 0 Å². The van der Waals surface area contributed by atoms with Gasteiger partial charge in [-0.15, -0.1) is 34.9 Å². The number of carbonyl (C=O) groups excluding carboxylic acids is 4. The molecule has 0 radical (unpaired) electrons. The quantitative estimate of drug-likeness (QED) is 0.0566. The minimum Gasteiger partial charge on any atom is -0.477 e. The lowest BCUT2D eigenvalue weighted by molar-refractivity contribution is -0.385. The number of oxime groups is 1. The molecule has 19 nitrogen and oxygen atoms in total. The summed E-state index contributed by atoms with van der Waals surface area (Å²) in [5.41, 5.74) is -0.601. The Morgan fingerprint density at radius 1 is 1.05 bits per heavy atom. The minimum absolute atomic E-state index is 0.116. The highest BCUT2D eigenvalue weighted by atomic mass is 32.2. The van der Waals surface area contributed by atoms with E-state index in [0.717, 1.165) is 22.0 Å². The number of nitro groups is 2. The average Bonchev–Trinajstić information content (AvgIpc) is 3.64. The highest BCUT2D eigenvalue weighted by Crippen LogP contribution is 2.46. The van der Waals surface area contributed by atoms with E-state index in [9.17, 15) is 62.5 Å². The van der Waals surface area contributed by atoms with Gasteiger partial charge in [0, 0.05) is 40.6 Å². The van der Waals surface area contributed by atoms with E-state index in [2.05, 4.69) is 22.0 Å². The Morgan fingerprint density at radius 3 is 2.24 bits per heavy atom. The van der Waals surface area contributed by atoms with Gasteiger partial charge in [0.1, 0.15) is 29.4 Å². The number of fused-ring (bicyclic) bond motifs is 1. The Labute approximate surface area is 335 Å². The number of halogens is 3. The number of benzene rings is 2. The van der Waals surface area contributed by atoms with E-state index in [0.29, 0.717) is 28.0 Å². The number of carboxylic acids is 1. The highest BCUT2D eigenvalue weighted by Gasteiger charge is 2.56. The monoisotopic (exact) mass is 865 g/mol. The van der Waals surface area contributed by atoms with E-state index < -0.39 is 85.5 Å². The van der Waals surface area contributed by atoms with Crippen molar-refractivity contribution in [3.63, 3.8) is 0 Å². The van der Waals surface area contributed by atoms with E-state index in [1.54, 1.807) is 0 Å². The van der Waals surface area contributed by atoms with Gasteiger partial charge >= 0.3 is 24.0 Å². The molecule has 1 fully saturated rings. The topological polar surface area (TPSA) is 263 Å². The second-order valence-corrected chi connectivity index (χ2v) is 14.9. The van der Waals surface area contributed by atoms with Crippen LogP contribution >= 0.6 is 34.9 Å². The summed E-state index contributed by atoms with van der Waals surface area (Å²) in [6.45, 7) is 2.37. The molecule has 2 aliphatic rings. The molecular weight excluding hydrogens is 840 g/mol. The van der Waals surface area contributed by atoms with Gasteiger partial charge in [0.05, 0.1) is 9.85 Å². The molecule has 0 saturated carbocycles. The average molecular weight is 866 g/mol. The Hall–Kier alpha value is -6.34. The van der Waals surface area contributed by atoms with E-state index in [1.165, 1.54) is 71.0 Å². The van der Waals surface area contributed by atoms with Crippen molar-refractivity contribution in [1.29, 1.82) is 0 Å². The maximum Gasteiger partial charge on any atom is 0.471 e. The molecule has 3 amide bonds. The SMILES string of the molecule is C=CSCC1=C(C(=O)O)N2C(=O)C(NC(=O)C(=NOCC(=O)OCc3ccc([N+](=O)[O-])cc3)c3csc(NC(=O)C(F)(F)F)n3)[C@H]2SC1Cc1ccc([N+](=O)[O-])cc1. The number of alkyl halides is 3. The molecule has 304 valence electrons. The van der Waals surface area contributed by atoms with Gasteiger partial charge in [-0.25, -0.2) is 14.6 Å². The van der Waals surface area contributed by atoms with E-state index in [1.807, 2.05) is 0 Å². The largest absolute Gasteiger partial charge is 0.477 e. The smallest absolute Gasteiger partial charge is 0.471 e. The van der Waals surface area contributed by atoms with Crippen LogP contribution in [-0.4, -0.2) is 95.4 Å². The molecule has 1 aromatic heterocycles. The summed E-state index contributed by atoms with van der Waals surface area (Å²) in [6.07, 6.45) is -5.12. The van der Waals surface area contributed by atoms with Crippen molar-refractivity contribution < 1.29 is 61.7 Å². The first kappa shape index (κ1) is 42.8. The normalized spacial score (nSPS) is 17.7. The number of esters is 1. The number of ether oxygens (including phenoxy) is 1. The lowest BCUT2D eigenvalue weighted by atomic mass is 9.98. The number of hydrogen-bond acceptors (Lipinski definition) is 16. The summed E-state index contributed by atoms with van der Waals surface area (Å²) in [7, 11) is 0. The summed E-state index contributed by atoms with van der Waals surface area (Å²) in [4.78, 5) is 94.4. The number of β-lactam (4-membered cyclic amide) rings is 1. The second kappa shape index (κ2) is 18.3. The Kier molecular flexibility index (Phi) is 13.5. The molecule has 2 unspecified atom stereocenters. The summed E-state index contributed by atoms with van der Waals surface area (Å²) in [6, 6.07) is 9.22. The predicted octanol–water partition coefficient (Wildman–Crippen LogP) is 4.15. The standard InChI is InChI=1S/C33H26F3N7O12S3/c1-2-56-14-20-22(11-16-3-7-18(8-4-16)42(50)51)58-29-25(28(46)41(29)26(20)30(47)48)38-27(45)24(21-15-57-32(37-21)39-31(49)33(34,35)36)40-55-13-23(44)54-12-17-5-9-19(10-6-17)43(52)53/h2-10,15,22,25,29H,1,11-14H2,(H,38,45)(H,47,48)(H,37,39,49)/t22?,25?,29-/m1/s1. The maximum atomic E-state index is 13.7. The highest BCUT2D eigenvalue weighted by molar-refractivity contribution is 8.02. The molecule has 1 saturated heterocycles. The van der Waals surface area contributed by atoms with Crippen LogP contribution in [0, 0.1) is 20.2 Å². The number of hydrogen-bond donors (Lipinski definition) is 3. The lowest BCUT2D eigenvalue weighted by Crippen LogP contribution is -2.71. The molecule has 0 spiro atoms. The molecule has 3 aromatic rings. The zero-order valence-corrected chi connectivity index (χ0v) is 31.5. The molecule has 0 bridgehead atoms. The number of rotatable bonds is 17. The molecule has 3 atom stereocenters. The van der Waals surface area contributed by atoms with Crippen LogP contribution in [0.3, 0.4) is 0 Å². The maximum absolute atomic E-state index is 13.7. The van der Waals surface area contributed by atoms with Gasteiger partial charge in [-0.1, -0.05) is 23.9 Å². The number of aliphatic carboxylic acids is 1. The zero-order valence-electron chi connectivity index (χ0n) is 29.1.